The van der Waals surface area contributed by atoms with Gasteiger partial charge in [0, 0.05) is 26.3 Å². The van der Waals surface area contributed by atoms with Gasteiger partial charge in [-0.3, -0.25) is 0 Å². The third kappa shape index (κ3) is 7.17. The highest BCUT2D eigenvalue weighted by molar-refractivity contribution is 7.80. The smallest absolute Gasteiger partial charge is 0.166 e. The first-order chi connectivity index (χ1) is 8.72. The number of hydrogen-bond donors (Lipinski definition) is 2. The van der Waals surface area contributed by atoms with E-state index in [2.05, 4.69) is 17.6 Å². The lowest BCUT2D eigenvalue weighted by molar-refractivity contribution is 0.145. The van der Waals surface area contributed by atoms with Gasteiger partial charge < -0.3 is 15.4 Å². The fraction of sp³-hybridized carbons (Fsp3) is 0.929. The van der Waals surface area contributed by atoms with E-state index >= 15 is 0 Å². The van der Waals surface area contributed by atoms with E-state index in [1.54, 1.807) is 0 Å². The zero-order valence-corrected chi connectivity index (χ0v) is 12.7. The lowest BCUT2D eigenvalue weighted by atomic mass is 9.83. The molecule has 106 valence electrons. The van der Waals surface area contributed by atoms with Crippen molar-refractivity contribution in [3.63, 3.8) is 0 Å². The van der Waals surface area contributed by atoms with Gasteiger partial charge in [-0.15, -0.1) is 0 Å². The van der Waals surface area contributed by atoms with Gasteiger partial charge in [-0.2, -0.15) is 0 Å². The molecule has 0 aromatic carbocycles. The second kappa shape index (κ2) is 9.56. The maximum Gasteiger partial charge on any atom is 0.166 e. The van der Waals surface area contributed by atoms with Crippen LogP contribution < -0.4 is 10.6 Å². The summed E-state index contributed by atoms with van der Waals surface area (Å²) in [5.41, 5.74) is 0. The third-order valence-electron chi connectivity index (χ3n) is 3.64. The standard InChI is InChI=1S/C14H28N2OS/c1-3-17-10-4-9-15-14(18)16-11-13-7-5-12(2)6-8-13/h12-13H,3-11H2,1-2H3,(H2,15,16,18). The topological polar surface area (TPSA) is 33.3 Å². The molecule has 1 aliphatic rings. The Kier molecular flexibility index (Phi) is 8.34. The van der Waals surface area contributed by atoms with Crippen LogP contribution in [0.4, 0.5) is 0 Å². The van der Waals surface area contributed by atoms with Crippen molar-refractivity contribution in [3.05, 3.63) is 0 Å². The van der Waals surface area contributed by atoms with Crippen LogP contribution in [-0.4, -0.2) is 31.4 Å². The van der Waals surface area contributed by atoms with Crippen molar-refractivity contribution in [1.29, 1.82) is 0 Å². The van der Waals surface area contributed by atoms with E-state index in [0.717, 1.165) is 49.7 Å². The number of nitrogens with one attached hydrogen (secondary N) is 2. The highest BCUT2D eigenvalue weighted by Crippen LogP contribution is 2.27. The molecule has 1 saturated carbocycles. The summed E-state index contributed by atoms with van der Waals surface area (Å²) in [7, 11) is 0. The number of ether oxygens (including phenoxy) is 1. The molecule has 3 nitrogen and oxygen atoms in total. The molecule has 0 spiro atoms. The van der Waals surface area contributed by atoms with E-state index in [1.807, 2.05) is 6.92 Å². The molecule has 0 radical (unpaired) electrons. The van der Waals surface area contributed by atoms with Gasteiger partial charge in [0.25, 0.3) is 0 Å². The molecule has 1 rings (SSSR count). The molecule has 1 aliphatic carbocycles. The fourth-order valence-electron chi connectivity index (χ4n) is 2.35. The molecule has 4 heteroatoms. The highest BCUT2D eigenvalue weighted by atomic mass is 32.1. The van der Waals surface area contributed by atoms with Gasteiger partial charge in [0.1, 0.15) is 0 Å². The summed E-state index contributed by atoms with van der Waals surface area (Å²) in [6.07, 6.45) is 6.46. The van der Waals surface area contributed by atoms with Crippen molar-refractivity contribution in [3.8, 4) is 0 Å². The number of rotatable bonds is 7. The lowest BCUT2D eigenvalue weighted by Crippen LogP contribution is -2.39. The second-order valence-electron chi connectivity index (χ2n) is 5.31. The Labute approximate surface area is 117 Å². The van der Waals surface area contributed by atoms with Crippen LogP contribution in [0.2, 0.25) is 0 Å². The predicted molar refractivity (Wildman–Crippen MR) is 80.8 cm³/mol. The average Bonchev–Trinajstić information content (AvgIpc) is 2.38. The van der Waals surface area contributed by atoms with Crippen LogP contribution in [0.1, 0.15) is 46.0 Å². The van der Waals surface area contributed by atoms with Gasteiger partial charge in [-0.05, 0) is 50.2 Å². The second-order valence-corrected chi connectivity index (χ2v) is 5.72. The van der Waals surface area contributed by atoms with Crippen LogP contribution >= 0.6 is 12.2 Å². The molecular formula is C14H28N2OS. The van der Waals surface area contributed by atoms with Crippen LogP contribution in [0.3, 0.4) is 0 Å². The molecule has 0 aliphatic heterocycles. The normalized spacial score (nSPS) is 23.7. The van der Waals surface area contributed by atoms with Gasteiger partial charge in [-0.25, -0.2) is 0 Å². The first kappa shape index (κ1) is 15.7. The van der Waals surface area contributed by atoms with E-state index in [9.17, 15) is 0 Å². The lowest BCUT2D eigenvalue weighted by Gasteiger charge is -2.26. The zero-order valence-electron chi connectivity index (χ0n) is 11.8. The molecule has 2 N–H and O–H groups in total. The van der Waals surface area contributed by atoms with Gasteiger partial charge in [0.05, 0.1) is 0 Å². The van der Waals surface area contributed by atoms with Gasteiger partial charge in [0.15, 0.2) is 5.11 Å². The number of thiocarbonyl (C=S) groups is 1. The Balaban J connectivity index is 1.96. The van der Waals surface area contributed by atoms with Crippen molar-refractivity contribution in [1.82, 2.24) is 10.6 Å². The van der Waals surface area contributed by atoms with Crippen molar-refractivity contribution >= 4 is 17.3 Å². The summed E-state index contributed by atoms with van der Waals surface area (Å²) in [4.78, 5) is 0. The maximum absolute atomic E-state index is 5.28. The maximum atomic E-state index is 5.28. The Bertz CT molecular complexity index is 228. The quantitative estimate of drug-likeness (QED) is 0.551. The molecular weight excluding hydrogens is 244 g/mol. The highest BCUT2D eigenvalue weighted by Gasteiger charge is 2.17. The Hall–Kier alpha value is -0.350. The largest absolute Gasteiger partial charge is 0.382 e. The third-order valence-corrected chi connectivity index (χ3v) is 3.93. The molecule has 0 unspecified atom stereocenters. The van der Waals surface area contributed by atoms with E-state index in [4.69, 9.17) is 17.0 Å². The summed E-state index contributed by atoms with van der Waals surface area (Å²) in [6.45, 7) is 7.91. The van der Waals surface area contributed by atoms with Gasteiger partial charge >= 0.3 is 0 Å². The van der Waals surface area contributed by atoms with Crippen LogP contribution in [0.25, 0.3) is 0 Å². The summed E-state index contributed by atoms with van der Waals surface area (Å²) in [5.74, 6) is 1.73. The average molecular weight is 272 g/mol. The molecule has 0 saturated heterocycles. The van der Waals surface area contributed by atoms with Crippen LogP contribution in [0.5, 0.6) is 0 Å². The summed E-state index contributed by atoms with van der Waals surface area (Å²) in [6, 6.07) is 0. The van der Waals surface area contributed by atoms with Crippen LogP contribution in [-0.2, 0) is 4.74 Å². The molecule has 0 aromatic rings. The predicted octanol–water partition coefficient (Wildman–Crippen LogP) is 2.70. The SMILES string of the molecule is CCOCCCNC(=S)NCC1CCC(C)CC1. The molecule has 0 atom stereocenters. The Morgan fingerprint density at radius 1 is 1.22 bits per heavy atom. The van der Waals surface area contributed by atoms with E-state index in [1.165, 1.54) is 25.7 Å². The molecule has 18 heavy (non-hydrogen) atoms. The van der Waals surface area contributed by atoms with E-state index < -0.39 is 0 Å². The minimum Gasteiger partial charge on any atom is -0.382 e. The van der Waals surface area contributed by atoms with Crippen LogP contribution in [0.15, 0.2) is 0 Å². The summed E-state index contributed by atoms with van der Waals surface area (Å²) in [5, 5.41) is 7.36. The first-order valence-corrected chi connectivity index (χ1v) is 7.72. The summed E-state index contributed by atoms with van der Waals surface area (Å²) >= 11 is 5.26. The molecule has 0 aromatic heterocycles. The molecule has 0 amide bonds. The van der Waals surface area contributed by atoms with E-state index in [-0.39, 0.29) is 0 Å². The molecule has 0 bridgehead atoms. The Morgan fingerprint density at radius 2 is 1.94 bits per heavy atom. The number of hydrogen-bond acceptors (Lipinski definition) is 2. The van der Waals surface area contributed by atoms with Crippen molar-refractivity contribution in [2.24, 2.45) is 11.8 Å². The van der Waals surface area contributed by atoms with Gasteiger partial charge in [0.2, 0.25) is 0 Å². The minimum atomic E-state index is 0.794. The minimum absolute atomic E-state index is 0.794. The van der Waals surface area contributed by atoms with E-state index in [0.29, 0.717) is 0 Å². The first-order valence-electron chi connectivity index (χ1n) is 7.31. The van der Waals surface area contributed by atoms with Crippen molar-refractivity contribution in [2.75, 3.05) is 26.3 Å². The van der Waals surface area contributed by atoms with Crippen LogP contribution in [0, 0.1) is 11.8 Å². The fourth-order valence-corrected chi connectivity index (χ4v) is 2.54. The van der Waals surface area contributed by atoms with Crippen molar-refractivity contribution in [2.45, 2.75) is 46.0 Å². The summed E-state index contributed by atoms with van der Waals surface area (Å²) < 4.78 is 5.28. The molecule has 0 heterocycles. The zero-order chi connectivity index (χ0) is 13.2. The van der Waals surface area contributed by atoms with Gasteiger partial charge in [-0.1, -0.05) is 19.8 Å². The molecule has 1 fully saturated rings. The Morgan fingerprint density at radius 3 is 2.61 bits per heavy atom. The van der Waals surface area contributed by atoms with Crippen molar-refractivity contribution < 1.29 is 4.74 Å². The monoisotopic (exact) mass is 272 g/mol.